The maximum atomic E-state index is 14.5. The third kappa shape index (κ3) is 5.65. The number of benzene rings is 2. The van der Waals surface area contributed by atoms with Crippen LogP contribution in [0, 0.1) is 0 Å². The van der Waals surface area contributed by atoms with Gasteiger partial charge in [0.05, 0.1) is 25.3 Å². The van der Waals surface area contributed by atoms with Crippen molar-refractivity contribution in [2.75, 3.05) is 20.7 Å². The predicted octanol–water partition coefficient (Wildman–Crippen LogP) is 2.94. The molecule has 10 nitrogen and oxygen atoms in total. The fourth-order valence-corrected chi connectivity index (χ4v) is 4.10. The molecule has 4 rings (SSSR count). The summed E-state index contributed by atoms with van der Waals surface area (Å²) in [5, 5.41) is 11.0. The van der Waals surface area contributed by atoms with Crippen LogP contribution >= 0.6 is 0 Å². The van der Waals surface area contributed by atoms with Crippen LogP contribution in [-0.4, -0.2) is 77.7 Å². The molecule has 0 aromatic heterocycles. The Morgan fingerprint density at radius 3 is 2.32 bits per heavy atom. The number of ether oxygens (including phenoxy) is 3. The van der Waals surface area contributed by atoms with Gasteiger partial charge < -0.3 is 24.2 Å². The molecule has 2 atom stereocenters. The number of carbonyl (C=O) groups excluding carboxylic acids is 3. The fourth-order valence-electron chi connectivity index (χ4n) is 4.10. The highest BCUT2D eigenvalue weighted by Crippen LogP contribution is 2.36. The molecule has 1 unspecified atom stereocenters. The van der Waals surface area contributed by atoms with Gasteiger partial charge in [-0.15, -0.1) is 0 Å². The van der Waals surface area contributed by atoms with Gasteiger partial charge in [0.1, 0.15) is 12.4 Å². The summed E-state index contributed by atoms with van der Waals surface area (Å²) < 4.78 is 44.4. The second-order valence-corrected chi connectivity index (χ2v) is 8.66. The Hall–Kier alpha value is -4.32. The molecular weight excluding hydrogens is 504 g/mol. The number of carbonyl (C=O) groups is 3. The second kappa shape index (κ2) is 11.0. The van der Waals surface area contributed by atoms with Crippen LogP contribution in [0.25, 0.3) is 0 Å². The summed E-state index contributed by atoms with van der Waals surface area (Å²) in [5.74, 6) is -6.02. The summed E-state index contributed by atoms with van der Waals surface area (Å²) in [6.45, 7) is -1.10. The Kier molecular flexibility index (Phi) is 7.72. The topological polar surface area (TPSA) is 118 Å². The molecule has 2 aromatic carbocycles. The van der Waals surface area contributed by atoms with Gasteiger partial charge >= 0.3 is 18.0 Å². The van der Waals surface area contributed by atoms with Crippen LogP contribution in [0.5, 0.6) is 0 Å². The number of esters is 2. The number of alkyl halides is 2. The van der Waals surface area contributed by atoms with Crippen molar-refractivity contribution < 1.29 is 42.5 Å². The Balaban J connectivity index is 1.65. The third-order valence-corrected chi connectivity index (χ3v) is 6.02. The van der Waals surface area contributed by atoms with Crippen LogP contribution < -0.4 is 0 Å². The largest absolute Gasteiger partial charge is 0.464 e. The van der Waals surface area contributed by atoms with Crippen molar-refractivity contribution in [2.24, 2.45) is 4.99 Å². The molecule has 38 heavy (non-hydrogen) atoms. The number of rotatable bonds is 6. The van der Waals surface area contributed by atoms with Gasteiger partial charge in [0, 0.05) is 13.5 Å². The Morgan fingerprint density at radius 1 is 1.05 bits per heavy atom. The molecule has 0 radical (unpaired) electrons. The van der Waals surface area contributed by atoms with E-state index in [2.05, 4.69) is 4.99 Å². The highest BCUT2D eigenvalue weighted by atomic mass is 19.3. The minimum atomic E-state index is -3.29. The summed E-state index contributed by atoms with van der Waals surface area (Å²) >= 11 is 0. The number of methoxy groups -OCH3 is 1. The average molecular weight is 529 g/mol. The SMILES string of the molecule is COC(=O)C1=C(OC(=O)c2ccccc2)C(O)N(C)C([C@@H]2CC(F)(F)CN2C(=O)OCc2ccccc2)=N1. The number of aliphatic imine (C=N–C) groups is 1. The van der Waals surface area contributed by atoms with Crippen LogP contribution in [0.15, 0.2) is 77.1 Å². The number of likely N-dealkylation sites (tertiary alicyclic amines) is 1. The number of aliphatic hydroxyl groups is 1. The van der Waals surface area contributed by atoms with E-state index in [1.807, 2.05) is 0 Å². The lowest BCUT2D eigenvalue weighted by atomic mass is 10.1. The van der Waals surface area contributed by atoms with Gasteiger partial charge in [0.25, 0.3) is 5.92 Å². The van der Waals surface area contributed by atoms with Crippen molar-refractivity contribution >= 4 is 23.9 Å². The molecule has 2 aliphatic heterocycles. The maximum Gasteiger partial charge on any atom is 0.410 e. The van der Waals surface area contributed by atoms with Crippen molar-refractivity contribution in [3.05, 3.63) is 83.2 Å². The molecule has 12 heteroatoms. The Bertz CT molecular complexity index is 1270. The number of halogens is 2. The van der Waals surface area contributed by atoms with Crippen molar-refractivity contribution in [1.29, 1.82) is 0 Å². The maximum absolute atomic E-state index is 14.5. The van der Waals surface area contributed by atoms with E-state index in [-0.39, 0.29) is 18.0 Å². The van der Waals surface area contributed by atoms with Gasteiger partial charge in [0.2, 0.25) is 0 Å². The third-order valence-electron chi connectivity index (χ3n) is 6.02. The van der Waals surface area contributed by atoms with E-state index in [4.69, 9.17) is 14.2 Å². The van der Waals surface area contributed by atoms with E-state index in [1.54, 1.807) is 48.5 Å². The standard InChI is InChI=1S/C26H25F2N3O7/c1-30-21(18-13-26(27,28)15-31(18)25(35)37-14-16-9-5-3-6-10-16)29-19(24(34)36-2)20(22(30)32)38-23(33)17-11-7-4-8-12-17/h3-12,18,22,32H,13-15H2,1-2H3/t18-,22?/m0/s1. The molecule has 0 saturated carbocycles. The molecule has 2 aromatic rings. The Morgan fingerprint density at radius 2 is 1.68 bits per heavy atom. The van der Waals surface area contributed by atoms with Crippen molar-refractivity contribution in [2.45, 2.75) is 31.2 Å². The van der Waals surface area contributed by atoms with Crippen LogP contribution in [-0.2, 0) is 25.6 Å². The number of hydrogen-bond donors (Lipinski definition) is 1. The van der Waals surface area contributed by atoms with Crippen LogP contribution in [0.4, 0.5) is 13.6 Å². The zero-order valence-corrected chi connectivity index (χ0v) is 20.5. The summed E-state index contributed by atoms with van der Waals surface area (Å²) in [5.41, 5.74) is 0.202. The predicted molar refractivity (Wildman–Crippen MR) is 129 cm³/mol. The lowest BCUT2D eigenvalue weighted by Gasteiger charge is -2.36. The van der Waals surface area contributed by atoms with Gasteiger partial charge in [0.15, 0.2) is 17.7 Å². The number of hydrogen-bond acceptors (Lipinski definition) is 9. The molecule has 1 saturated heterocycles. The molecule has 1 amide bonds. The zero-order chi connectivity index (χ0) is 27.4. The first-order chi connectivity index (χ1) is 18.1. The molecule has 0 bridgehead atoms. The minimum absolute atomic E-state index is 0.136. The van der Waals surface area contributed by atoms with Crippen LogP contribution in [0.1, 0.15) is 22.3 Å². The molecule has 1 N–H and O–H groups in total. The number of nitrogens with zero attached hydrogens (tertiary/aromatic N) is 3. The van der Waals surface area contributed by atoms with Crippen LogP contribution in [0.3, 0.4) is 0 Å². The number of amides is 1. The van der Waals surface area contributed by atoms with Crippen molar-refractivity contribution in [3.8, 4) is 0 Å². The highest BCUT2D eigenvalue weighted by molar-refractivity contribution is 6.00. The molecule has 2 aliphatic rings. The van der Waals surface area contributed by atoms with Crippen molar-refractivity contribution in [3.63, 3.8) is 0 Å². The quantitative estimate of drug-likeness (QED) is 0.449. The van der Waals surface area contributed by atoms with Gasteiger partial charge in [-0.2, -0.15) is 0 Å². The molecular formula is C26H25F2N3O7. The molecule has 0 aliphatic carbocycles. The first kappa shape index (κ1) is 26.7. The van der Waals surface area contributed by atoms with E-state index in [0.717, 1.165) is 16.9 Å². The first-order valence-corrected chi connectivity index (χ1v) is 11.6. The lowest BCUT2D eigenvalue weighted by Crippen LogP contribution is -2.52. The lowest BCUT2D eigenvalue weighted by molar-refractivity contribution is -0.136. The van der Waals surface area contributed by atoms with Gasteiger partial charge in [-0.3, -0.25) is 4.90 Å². The molecule has 2 heterocycles. The summed E-state index contributed by atoms with van der Waals surface area (Å²) in [4.78, 5) is 44.0. The van der Waals surface area contributed by atoms with Gasteiger partial charge in [-0.25, -0.2) is 28.2 Å². The van der Waals surface area contributed by atoms with E-state index in [9.17, 15) is 28.3 Å². The normalized spacial score (nSPS) is 20.6. The van der Waals surface area contributed by atoms with Crippen LogP contribution in [0.2, 0.25) is 0 Å². The first-order valence-electron chi connectivity index (χ1n) is 11.6. The van der Waals surface area contributed by atoms with E-state index >= 15 is 0 Å². The van der Waals surface area contributed by atoms with Crippen molar-refractivity contribution in [1.82, 2.24) is 9.80 Å². The zero-order valence-electron chi connectivity index (χ0n) is 20.5. The molecule has 200 valence electrons. The number of amidine groups is 1. The summed E-state index contributed by atoms with van der Waals surface area (Å²) in [6, 6.07) is 15.1. The Labute approximate surface area is 216 Å². The molecule has 1 fully saturated rings. The minimum Gasteiger partial charge on any atom is -0.464 e. The molecule has 0 spiro atoms. The second-order valence-electron chi connectivity index (χ2n) is 8.66. The van der Waals surface area contributed by atoms with Gasteiger partial charge in [-0.1, -0.05) is 48.5 Å². The highest BCUT2D eigenvalue weighted by Gasteiger charge is 2.52. The number of aliphatic hydroxyl groups excluding tert-OH is 1. The monoisotopic (exact) mass is 529 g/mol. The average Bonchev–Trinajstić information content (AvgIpc) is 3.25. The van der Waals surface area contributed by atoms with Gasteiger partial charge in [-0.05, 0) is 17.7 Å². The van der Waals surface area contributed by atoms with E-state index in [0.29, 0.717) is 5.56 Å². The smallest absolute Gasteiger partial charge is 0.410 e. The summed E-state index contributed by atoms with van der Waals surface area (Å²) in [7, 11) is 2.35. The van der Waals surface area contributed by atoms with E-state index in [1.165, 1.54) is 19.2 Å². The van der Waals surface area contributed by atoms with E-state index < -0.39 is 60.6 Å². The number of likely N-dealkylation sites (N-methyl/N-ethyl adjacent to an activating group) is 1. The fraction of sp³-hybridized carbons (Fsp3) is 0.308. The summed E-state index contributed by atoms with van der Waals surface area (Å²) in [6.07, 6.45) is -3.64.